The standard InChI is InChI=1S/C16H21NO4/c1-3-9-21-11-15(18)17-8-4-5-12-6-7-13(10-14(12)17)16(19)20-2/h6-7,10H,3-5,8-9,11H2,1-2H3. The van der Waals surface area contributed by atoms with Crippen molar-refractivity contribution in [1.29, 1.82) is 0 Å². The molecule has 1 amide bonds. The number of carbonyl (C=O) groups excluding carboxylic acids is 2. The van der Waals surface area contributed by atoms with Crippen LogP contribution in [0, 0.1) is 0 Å². The predicted molar refractivity (Wildman–Crippen MR) is 79.6 cm³/mol. The third kappa shape index (κ3) is 3.61. The Morgan fingerprint density at radius 3 is 2.86 bits per heavy atom. The minimum absolute atomic E-state index is 0.0635. The lowest BCUT2D eigenvalue weighted by molar-refractivity contribution is -0.123. The van der Waals surface area contributed by atoms with E-state index >= 15 is 0 Å². The molecule has 1 aromatic rings. The van der Waals surface area contributed by atoms with Gasteiger partial charge in [-0.3, -0.25) is 4.79 Å². The molecule has 2 rings (SSSR count). The molecule has 1 aliphatic heterocycles. The second kappa shape index (κ2) is 7.22. The minimum atomic E-state index is -0.391. The van der Waals surface area contributed by atoms with E-state index in [-0.39, 0.29) is 12.5 Å². The Morgan fingerprint density at radius 2 is 2.14 bits per heavy atom. The van der Waals surface area contributed by atoms with Gasteiger partial charge < -0.3 is 14.4 Å². The highest BCUT2D eigenvalue weighted by molar-refractivity contribution is 5.98. The number of benzene rings is 1. The van der Waals surface area contributed by atoms with Crippen LogP contribution >= 0.6 is 0 Å². The first-order chi connectivity index (χ1) is 10.2. The number of esters is 1. The van der Waals surface area contributed by atoms with E-state index in [1.165, 1.54) is 7.11 Å². The number of aryl methyl sites for hydroxylation is 1. The fourth-order valence-corrected chi connectivity index (χ4v) is 2.46. The SMILES string of the molecule is CCCOCC(=O)N1CCCc2ccc(C(=O)OC)cc21. The van der Waals surface area contributed by atoms with E-state index < -0.39 is 5.97 Å². The van der Waals surface area contributed by atoms with E-state index in [9.17, 15) is 9.59 Å². The van der Waals surface area contributed by atoms with Gasteiger partial charge in [-0.05, 0) is 37.0 Å². The zero-order chi connectivity index (χ0) is 15.2. The minimum Gasteiger partial charge on any atom is -0.465 e. The Bertz CT molecular complexity index is 527. The van der Waals surface area contributed by atoms with Gasteiger partial charge in [-0.15, -0.1) is 0 Å². The molecule has 0 N–H and O–H groups in total. The van der Waals surface area contributed by atoms with Gasteiger partial charge in [0.1, 0.15) is 6.61 Å². The van der Waals surface area contributed by atoms with Crippen molar-refractivity contribution in [3.63, 3.8) is 0 Å². The Morgan fingerprint density at radius 1 is 1.33 bits per heavy atom. The van der Waals surface area contributed by atoms with Crippen LogP contribution in [0.1, 0.15) is 35.7 Å². The first kappa shape index (κ1) is 15.5. The van der Waals surface area contributed by atoms with Gasteiger partial charge in [0.2, 0.25) is 0 Å². The summed E-state index contributed by atoms with van der Waals surface area (Å²) in [6.45, 7) is 3.32. The maximum atomic E-state index is 12.3. The van der Waals surface area contributed by atoms with Crippen LogP contribution in [0.15, 0.2) is 18.2 Å². The number of hydrogen-bond acceptors (Lipinski definition) is 4. The summed E-state index contributed by atoms with van der Waals surface area (Å²) in [7, 11) is 1.35. The highest BCUT2D eigenvalue weighted by atomic mass is 16.5. The molecule has 0 radical (unpaired) electrons. The summed E-state index contributed by atoms with van der Waals surface area (Å²) in [5, 5.41) is 0. The molecule has 1 aromatic carbocycles. The van der Waals surface area contributed by atoms with E-state index in [1.54, 1.807) is 17.0 Å². The van der Waals surface area contributed by atoms with Gasteiger partial charge in [-0.25, -0.2) is 4.79 Å². The van der Waals surface area contributed by atoms with Crippen molar-refractivity contribution < 1.29 is 19.1 Å². The van der Waals surface area contributed by atoms with E-state index in [2.05, 4.69) is 0 Å². The van der Waals surface area contributed by atoms with Crippen molar-refractivity contribution >= 4 is 17.6 Å². The monoisotopic (exact) mass is 291 g/mol. The second-order valence-electron chi connectivity index (χ2n) is 5.04. The van der Waals surface area contributed by atoms with Gasteiger partial charge in [0.15, 0.2) is 0 Å². The average Bonchev–Trinajstić information content (AvgIpc) is 2.53. The molecule has 1 aliphatic rings. The molecule has 0 unspecified atom stereocenters. The van der Waals surface area contributed by atoms with Crippen molar-refractivity contribution in [2.24, 2.45) is 0 Å². The molecule has 0 fully saturated rings. The summed E-state index contributed by atoms with van der Waals surface area (Å²) in [5.74, 6) is -0.454. The molecule has 0 aromatic heterocycles. The second-order valence-corrected chi connectivity index (χ2v) is 5.04. The van der Waals surface area contributed by atoms with Gasteiger partial charge >= 0.3 is 5.97 Å². The highest BCUT2D eigenvalue weighted by Crippen LogP contribution is 2.28. The zero-order valence-electron chi connectivity index (χ0n) is 12.6. The molecule has 0 spiro atoms. The van der Waals surface area contributed by atoms with Gasteiger partial charge in [-0.2, -0.15) is 0 Å². The smallest absolute Gasteiger partial charge is 0.337 e. The van der Waals surface area contributed by atoms with Crippen LogP contribution in [0.3, 0.4) is 0 Å². The molecular weight excluding hydrogens is 270 g/mol. The number of hydrogen-bond donors (Lipinski definition) is 0. The van der Waals surface area contributed by atoms with Crippen molar-refractivity contribution in [1.82, 2.24) is 0 Å². The molecule has 1 heterocycles. The number of carbonyl (C=O) groups is 2. The molecule has 114 valence electrons. The van der Waals surface area contributed by atoms with Crippen LogP contribution in [-0.2, 0) is 20.7 Å². The molecule has 5 nitrogen and oxygen atoms in total. The molecular formula is C16H21NO4. The molecule has 5 heteroatoms. The lowest BCUT2D eigenvalue weighted by Gasteiger charge is -2.29. The van der Waals surface area contributed by atoms with Gasteiger partial charge in [0.05, 0.1) is 12.7 Å². The lowest BCUT2D eigenvalue weighted by Crippen LogP contribution is -2.38. The quantitative estimate of drug-likeness (QED) is 0.616. The fraction of sp³-hybridized carbons (Fsp3) is 0.500. The van der Waals surface area contributed by atoms with E-state index in [0.717, 1.165) is 30.5 Å². The summed E-state index contributed by atoms with van der Waals surface area (Å²) in [6.07, 6.45) is 2.72. The summed E-state index contributed by atoms with van der Waals surface area (Å²) < 4.78 is 10.1. The molecule has 0 bridgehead atoms. The normalized spacial score (nSPS) is 13.7. The number of ether oxygens (including phenoxy) is 2. The third-order valence-electron chi connectivity index (χ3n) is 3.50. The predicted octanol–water partition coefficient (Wildman–Crippen LogP) is 2.18. The number of anilines is 1. The first-order valence-electron chi connectivity index (χ1n) is 7.26. The Kier molecular flexibility index (Phi) is 5.33. The number of methoxy groups -OCH3 is 1. The molecule has 0 saturated heterocycles. The largest absolute Gasteiger partial charge is 0.465 e. The highest BCUT2D eigenvalue weighted by Gasteiger charge is 2.23. The average molecular weight is 291 g/mol. The zero-order valence-corrected chi connectivity index (χ0v) is 12.6. The number of fused-ring (bicyclic) bond motifs is 1. The lowest BCUT2D eigenvalue weighted by atomic mass is 9.99. The van der Waals surface area contributed by atoms with Crippen molar-refractivity contribution in [3.8, 4) is 0 Å². The van der Waals surface area contributed by atoms with Gasteiger partial charge in [-0.1, -0.05) is 13.0 Å². The molecule has 21 heavy (non-hydrogen) atoms. The van der Waals surface area contributed by atoms with Crippen LogP contribution in [0.5, 0.6) is 0 Å². The van der Waals surface area contributed by atoms with Gasteiger partial charge in [0.25, 0.3) is 5.91 Å². The molecule has 0 atom stereocenters. The summed E-state index contributed by atoms with van der Waals surface area (Å²) in [4.78, 5) is 25.6. The maximum Gasteiger partial charge on any atom is 0.337 e. The van der Waals surface area contributed by atoms with Gasteiger partial charge in [0, 0.05) is 18.8 Å². The topological polar surface area (TPSA) is 55.8 Å². The number of amides is 1. The Balaban J connectivity index is 2.20. The third-order valence-corrected chi connectivity index (χ3v) is 3.50. The van der Waals surface area contributed by atoms with E-state index in [4.69, 9.17) is 9.47 Å². The van der Waals surface area contributed by atoms with Crippen LogP contribution in [0.4, 0.5) is 5.69 Å². The van der Waals surface area contributed by atoms with E-state index in [1.807, 2.05) is 13.0 Å². The Hall–Kier alpha value is -1.88. The van der Waals surface area contributed by atoms with Crippen molar-refractivity contribution in [3.05, 3.63) is 29.3 Å². The number of rotatable bonds is 5. The first-order valence-corrected chi connectivity index (χ1v) is 7.26. The van der Waals surface area contributed by atoms with Crippen LogP contribution in [0.25, 0.3) is 0 Å². The van der Waals surface area contributed by atoms with E-state index in [0.29, 0.717) is 18.7 Å². The molecule has 0 saturated carbocycles. The van der Waals surface area contributed by atoms with Crippen LogP contribution in [0.2, 0.25) is 0 Å². The van der Waals surface area contributed by atoms with Crippen molar-refractivity contribution in [2.45, 2.75) is 26.2 Å². The van der Waals surface area contributed by atoms with Crippen LogP contribution < -0.4 is 4.90 Å². The van der Waals surface area contributed by atoms with Crippen LogP contribution in [-0.4, -0.2) is 38.7 Å². The van der Waals surface area contributed by atoms with Crippen molar-refractivity contribution in [2.75, 3.05) is 31.8 Å². The number of nitrogens with zero attached hydrogens (tertiary/aromatic N) is 1. The summed E-state index contributed by atoms with van der Waals surface area (Å²) >= 11 is 0. The summed E-state index contributed by atoms with van der Waals surface area (Å²) in [6, 6.07) is 5.37. The molecule has 0 aliphatic carbocycles. The maximum absolute atomic E-state index is 12.3. The Labute approximate surface area is 124 Å². The summed E-state index contributed by atoms with van der Waals surface area (Å²) in [5.41, 5.74) is 2.34. The fourth-order valence-electron chi connectivity index (χ4n) is 2.46.